The van der Waals surface area contributed by atoms with Crippen molar-refractivity contribution in [3.05, 3.63) is 41.4 Å². The van der Waals surface area contributed by atoms with Gasteiger partial charge in [0.2, 0.25) is 5.91 Å². The fourth-order valence-electron chi connectivity index (χ4n) is 1.51. The molecule has 0 radical (unpaired) electrons. The van der Waals surface area contributed by atoms with Crippen LogP contribution in [0.2, 0.25) is 0 Å². The molecule has 0 saturated heterocycles. The van der Waals surface area contributed by atoms with Crippen molar-refractivity contribution in [1.82, 2.24) is 4.98 Å². The maximum Gasteiger partial charge on any atom is 0.243 e. The van der Waals surface area contributed by atoms with E-state index in [-0.39, 0.29) is 10.8 Å². The lowest BCUT2D eigenvalue weighted by Crippen LogP contribution is -2.17. The lowest BCUT2D eigenvalue weighted by Gasteiger charge is -2.10. The monoisotopic (exact) mass is 328 g/mol. The number of carbonyl (C=O) groups excluding carboxylic acids is 1. The van der Waals surface area contributed by atoms with E-state index in [9.17, 15) is 13.2 Å². The van der Waals surface area contributed by atoms with Crippen molar-refractivity contribution >= 4 is 44.8 Å². The van der Waals surface area contributed by atoms with E-state index < -0.39 is 15.1 Å². The first kappa shape index (κ1) is 15.0. The third-order valence-electron chi connectivity index (χ3n) is 2.53. The van der Waals surface area contributed by atoms with Crippen molar-refractivity contribution < 1.29 is 13.2 Å². The standard InChI is InChI=1S/C12H12N2O3S3/c1-20(16,17)9-4-2-8(3-5-9)10(18)11(15)14-12-13-6-7-19-12/h2-7,10,18H,1H3,(H,13,14,15). The number of hydrogen-bond acceptors (Lipinski definition) is 6. The molecule has 0 bridgehead atoms. The number of carbonyl (C=O) groups is 1. The molecule has 2 rings (SSSR count). The van der Waals surface area contributed by atoms with Gasteiger partial charge in [-0.25, -0.2) is 13.4 Å². The van der Waals surface area contributed by atoms with Gasteiger partial charge in [-0.2, -0.15) is 12.6 Å². The van der Waals surface area contributed by atoms with E-state index in [2.05, 4.69) is 22.9 Å². The van der Waals surface area contributed by atoms with Crippen molar-refractivity contribution in [2.75, 3.05) is 11.6 Å². The zero-order valence-corrected chi connectivity index (χ0v) is 13.0. The molecule has 0 spiro atoms. The summed E-state index contributed by atoms with van der Waals surface area (Å²) in [5.74, 6) is -0.310. The Morgan fingerprint density at radius 1 is 1.35 bits per heavy atom. The van der Waals surface area contributed by atoms with Crippen molar-refractivity contribution in [3.63, 3.8) is 0 Å². The van der Waals surface area contributed by atoms with Crippen LogP contribution < -0.4 is 5.32 Å². The van der Waals surface area contributed by atoms with E-state index in [1.807, 2.05) is 0 Å². The molecule has 0 aliphatic heterocycles. The summed E-state index contributed by atoms with van der Waals surface area (Å²) in [7, 11) is -3.24. The number of anilines is 1. The highest BCUT2D eigenvalue weighted by atomic mass is 32.2. The minimum absolute atomic E-state index is 0.210. The smallest absolute Gasteiger partial charge is 0.243 e. The van der Waals surface area contributed by atoms with Crippen LogP contribution in [0.3, 0.4) is 0 Å². The van der Waals surface area contributed by atoms with Crippen LogP contribution in [0, 0.1) is 0 Å². The maximum absolute atomic E-state index is 12.0. The van der Waals surface area contributed by atoms with Gasteiger partial charge < -0.3 is 5.32 Å². The first-order chi connectivity index (χ1) is 9.38. The van der Waals surface area contributed by atoms with Crippen LogP contribution in [-0.4, -0.2) is 25.6 Å². The molecule has 1 atom stereocenters. The van der Waals surface area contributed by atoms with Crippen molar-refractivity contribution in [2.45, 2.75) is 10.1 Å². The molecule has 2 aromatic rings. The Bertz CT molecular complexity index is 694. The molecule has 20 heavy (non-hydrogen) atoms. The van der Waals surface area contributed by atoms with Crippen LogP contribution in [-0.2, 0) is 14.6 Å². The molecule has 1 amide bonds. The topological polar surface area (TPSA) is 76.1 Å². The van der Waals surface area contributed by atoms with Gasteiger partial charge in [-0.05, 0) is 17.7 Å². The van der Waals surface area contributed by atoms with E-state index in [1.54, 1.807) is 23.7 Å². The third-order valence-corrected chi connectivity index (χ3v) is 4.88. The molecular formula is C12H12N2O3S3. The van der Waals surface area contributed by atoms with Crippen molar-refractivity contribution in [1.29, 1.82) is 0 Å². The van der Waals surface area contributed by atoms with Gasteiger partial charge in [0.15, 0.2) is 15.0 Å². The summed E-state index contributed by atoms with van der Waals surface area (Å²) in [4.78, 5) is 16.1. The van der Waals surface area contributed by atoms with E-state index in [0.717, 1.165) is 6.26 Å². The molecule has 1 heterocycles. The van der Waals surface area contributed by atoms with Crippen molar-refractivity contribution in [2.24, 2.45) is 0 Å². The lowest BCUT2D eigenvalue weighted by molar-refractivity contribution is -0.115. The Kier molecular flexibility index (Phi) is 4.46. The number of sulfone groups is 1. The van der Waals surface area contributed by atoms with E-state index >= 15 is 0 Å². The molecule has 0 aliphatic rings. The highest BCUT2D eigenvalue weighted by molar-refractivity contribution is 7.90. The second-order valence-electron chi connectivity index (χ2n) is 4.07. The minimum Gasteiger partial charge on any atom is -0.301 e. The van der Waals surface area contributed by atoms with Crippen molar-refractivity contribution in [3.8, 4) is 0 Å². The molecular weight excluding hydrogens is 316 g/mol. The van der Waals surface area contributed by atoms with Gasteiger partial charge in [0, 0.05) is 17.8 Å². The van der Waals surface area contributed by atoms with Gasteiger partial charge in [0.05, 0.1) is 4.90 Å². The summed E-state index contributed by atoms with van der Waals surface area (Å²) in [6.07, 6.45) is 2.73. The van der Waals surface area contributed by atoms with Crippen LogP contribution in [0.25, 0.3) is 0 Å². The summed E-state index contributed by atoms with van der Waals surface area (Å²) in [6.45, 7) is 0. The normalized spacial score (nSPS) is 12.9. The zero-order chi connectivity index (χ0) is 14.8. The Balaban J connectivity index is 2.13. The minimum atomic E-state index is -3.24. The van der Waals surface area contributed by atoms with Gasteiger partial charge >= 0.3 is 0 Å². The quantitative estimate of drug-likeness (QED) is 0.843. The van der Waals surface area contributed by atoms with Crippen LogP contribution in [0.1, 0.15) is 10.8 Å². The molecule has 0 fully saturated rings. The third kappa shape index (κ3) is 3.59. The molecule has 0 saturated carbocycles. The predicted octanol–water partition coefficient (Wildman–Crippen LogP) is 2.16. The van der Waals surface area contributed by atoms with Gasteiger partial charge in [-0.1, -0.05) is 12.1 Å². The van der Waals surface area contributed by atoms with E-state index in [0.29, 0.717) is 10.7 Å². The largest absolute Gasteiger partial charge is 0.301 e. The fraction of sp³-hybridized carbons (Fsp3) is 0.167. The number of thiazole rings is 1. The fourth-order valence-corrected chi connectivity index (χ4v) is 2.91. The van der Waals surface area contributed by atoms with Gasteiger partial charge in [-0.15, -0.1) is 11.3 Å². The average molecular weight is 328 g/mol. The van der Waals surface area contributed by atoms with E-state index in [4.69, 9.17) is 0 Å². The highest BCUT2D eigenvalue weighted by Crippen LogP contribution is 2.24. The maximum atomic E-state index is 12.0. The van der Waals surface area contributed by atoms with E-state index in [1.165, 1.54) is 23.5 Å². The zero-order valence-electron chi connectivity index (χ0n) is 10.5. The van der Waals surface area contributed by atoms with Crippen LogP contribution in [0.15, 0.2) is 40.7 Å². The first-order valence-corrected chi connectivity index (χ1v) is 8.85. The van der Waals surface area contributed by atoms with Crippen LogP contribution in [0.5, 0.6) is 0 Å². The Hall–Kier alpha value is -1.38. The number of thiol groups is 1. The number of nitrogens with zero attached hydrogens (tertiary/aromatic N) is 1. The number of amides is 1. The summed E-state index contributed by atoms with van der Waals surface area (Å²) in [6, 6.07) is 6.08. The number of hydrogen-bond donors (Lipinski definition) is 2. The predicted molar refractivity (Wildman–Crippen MR) is 82.0 cm³/mol. The Labute approximate surface area is 126 Å². The highest BCUT2D eigenvalue weighted by Gasteiger charge is 2.18. The molecule has 0 aliphatic carbocycles. The number of benzene rings is 1. The van der Waals surface area contributed by atoms with Gasteiger partial charge in [0.1, 0.15) is 5.25 Å². The molecule has 1 aromatic carbocycles. The van der Waals surface area contributed by atoms with Gasteiger partial charge in [0.25, 0.3) is 0 Å². The Morgan fingerprint density at radius 3 is 2.50 bits per heavy atom. The lowest BCUT2D eigenvalue weighted by atomic mass is 10.1. The molecule has 1 aromatic heterocycles. The average Bonchev–Trinajstić information content (AvgIpc) is 2.90. The number of aromatic nitrogens is 1. The van der Waals surface area contributed by atoms with Gasteiger partial charge in [-0.3, -0.25) is 4.79 Å². The van der Waals surface area contributed by atoms with Crippen LogP contribution in [0.4, 0.5) is 5.13 Å². The number of nitrogens with one attached hydrogen (secondary N) is 1. The summed E-state index contributed by atoms with van der Waals surface area (Å²) in [5, 5.41) is 4.21. The SMILES string of the molecule is CS(=O)(=O)c1ccc(C(S)C(=O)Nc2nccs2)cc1. The first-order valence-electron chi connectivity index (χ1n) is 5.56. The second kappa shape index (κ2) is 5.94. The molecule has 5 nitrogen and oxygen atoms in total. The molecule has 1 N–H and O–H groups in total. The second-order valence-corrected chi connectivity index (χ2v) is 7.50. The van der Waals surface area contributed by atoms with Crippen LogP contribution >= 0.6 is 24.0 Å². The molecule has 8 heteroatoms. The summed E-state index contributed by atoms with van der Waals surface area (Å²) >= 11 is 5.56. The number of rotatable bonds is 4. The molecule has 1 unspecified atom stereocenters. The molecule has 106 valence electrons. The summed E-state index contributed by atoms with van der Waals surface area (Å²) in [5.41, 5.74) is 0.620. The summed E-state index contributed by atoms with van der Waals surface area (Å²) < 4.78 is 22.7. The Morgan fingerprint density at radius 2 is 2.00 bits per heavy atom.